The average Bonchev–Trinajstić information content (AvgIpc) is 2.55. The normalized spacial score (nSPS) is 21.1. The zero-order valence-corrected chi connectivity index (χ0v) is 14.3. The lowest BCUT2D eigenvalue weighted by molar-refractivity contribution is -0.126. The van der Waals surface area contributed by atoms with Crippen molar-refractivity contribution in [1.82, 2.24) is 10.2 Å². The molecule has 5 nitrogen and oxygen atoms in total. The molecule has 2 amide bonds. The molecule has 1 saturated heterocycles. The van der Waals surface area contributed by atoms with Crippen LogP contribution >= 0.6 is 11.6 Å². The highest BCUT2D eigenvalue weighted by Gasteiger charge is 2.33. The minimum absolute atomic E-state index is 0.0223. The van der Waals surface area contributed by atoms with Gasteiger partial charge < -0.3 is 15.0 Å². The number of carbonyl (C=O) groups is 2. The lowest BCUT2D eigenvalue weighted by Crippen LogP contribution is -2.49. The molecule has 1 aromatic carbocycles. The van der Waals surface area contributed by atoms with E-state index in [1.165, 1.54) is 0 Å². The number of rotatable bonds is 5. The molecule has 1 fully saturated rings. The van der Waals surface area contributed by atoms with Gasteiger partial charge in [0.1, 0.15) is 0 Å². The molecule has 1 aromatic rings. The van der Waals surface area contributed by atoms with Crippen LogP contribution in [0.25, 0.3) is 0 Å². The molecule has 2 rings (SSSR count). The van der Waals surface area contributed by atoms with Crippen molar-refractivity contribution in [3.8, 4) is 0 Å². The van der Waals surface area contributed by atoms with E-state index in [1.54, 1.807) is 36.3 Å². The Morgan fingerprint density at radius 3 is 2.78 bits per heavy atom. The van der Waals surface area contributed by atoms with Crippen LogP contribution in [0.3, 0.4) is 0 Å². The molecule has 2 atom stereocenters. The van der Waals surface area contributed by atoms with E-state index in [1.807, 2.05) is 6.92 Å². The molecule has 1 aliphatic heterocycles. The van der Waals surface area contributed by atoms with Crippen molar-refractivity contribution >= 4 is 23.4 Å². The molecule has 0 bridgehead atoms. The number of ether oxygens (including phenoxy) is 1. The monoisotopic (exact) mass is 338 g/mol. The number of amides is 2. The lowest BCUT2D eigenvalue weighted by Gasteiger charge is -2.37. The van der Waals surface area contributed by atoms with Crippen LogP contribution in [0.15, 0.2) is 24.3 Å². The van der Waals surface area contributed by atoms with Gasteiger partial charge in [-0.25, -0.2) is 0 Å². The second-order valence-corrected chi connectivity index (χ2v) is 6.25. The molecule has 6 heteroatoms. The van der Waals surface area contributed by atoms with Gasteiger partial charge >= 0.3 is 0 Å². The summed E-state index contributed by atoms with van der Waals surface area (Å²) in [6.07, 6.45) is 1.59. The van der Waals surface area contributed by atoms with Crippen molar-refractivity contribution in [2.24, 2.45) is 5.92 Å². The lowest BCUT2D eigenvalue weighted by atomic mass is 9.92. The highest BCUT2D eigenvalue weighted by molar-refractivity contribution is 6.33. The maximum Gasteiger partial charge on any atom is 0.255 e. The second-order valence-electron chi connectivity index (χ2n) is 5.84. The summed E-state index contributed by atoms with van der Waals surface area (Å²) in [6, 6.07) is 7.12. The predicted molar refractivity (Wildman–Crippen MR) is 89.6 cm³/mol. The summed E-state index contributed by atoms with van der Waals surface area (Å²) in [5.74, 6) is -0.321. The number of nitrogens with one attached hydrogen (secondary N) is 1. The molecule has 126 valence electrons. The molecule has 0 aliphatic carbocycles. The maximum absolute atomic E-state index is 12.7. The largest absolute Gasteiger partial charge is 0.383 e. The summed E-state index contributed by atoms with van der Waals surface area (Å²) >= 11 is 6.13. The number of likely N-dealkylation sites (tertiary alicyclic amines) is 1. The smallest absolute Gasteiger partial charge is 0.255 e. The molecule has 1 heterocycles. The first-order valence-corrected chi connectivity index (χ1v) is 8.24. The fourth-order valence-corrected chi connectivity index (χ4v) is 3.03. The maximum atomic E-state index is 12.7. The number of piperidine rings is 1. The Hall–Kier alpha value is -1.59. The molecule has 0 radical (unpaired) electrons. The van der Waals surface area contributed by atoms with E-state index in [0.29, 0.717) is 30.3 Å². The van der Waals surface area contributed by atoms with E-state index in [0.717, 1.165) is 12.8 Å². The van der Waals surface area contributed by atoms with E-state index in [9.17, 15) is 9.59 Å². The molecule has 0 spiro atoms. The quantitative estimate of drug-likeness (QED) is 0.838. The summed E-state index contributed by atoms with van der Waals surface area (Å²) in [5, 5.41) is 3.29. The van der Waals surface area contributed by atoms with Crippen LogP contribution in [-0.4, -0.2) is 49.6 Å². The van der Waals surface area contributed by atoms with E-state index in [4.69, 9.17) is 16.3 Å². The Morgan fingerprint density at radius 1 is 1.35 bits per heavy atom. The van der Waals surface area contributed by atoms with Gasteiger partial charge in [0.25, 0.3) is 5.91 Å². The standard InChI is InChI=1S/C17H23ClN2O3/c1-12-7-8-13(16(21)19-9-10-23-2)11-20(12)17(22)14-5-3-4-6-15(14)18/h3-6,12-13H,7-11H2,1-2H3,(H,19,21)/t12-,13-/m1/s1. The average molecular weight is 339 g/mol. The Balaban J connectivity index is 2.04. The number of methoxy groups -OCH3 is 1. The number of hydrogen-bond acceptors (Lipinski definition) is 3. The Labute approximate surface area is 141 Å². The van der Waals surface area contributed by atoms with E-state index < -0.39 is 0 Å². The third kappa shape index (κ3) is 4.45. The van der Waals surface area contributed by atoms with Gasteiger partial charge in [-0.15, -0.1) is 0 Å². The van der Waals surface area contributed by atoms with Crippen molar-refractivity contribution in [1.29, 1.82) is 0 Å². The highest BCUT2D eigenvalue weighted by atomic mass is 35.5. The summed E-state index contributed by atoms with van der Waals surface area (Å²) in [6.45, 7) is 3.40. The van der Waals surface area contributed by atoms with E-state index >= 15 is 0 Å². The number of hydrogen-bond donors (Lipinski definition) is 1. The van der Waals surface area contributed by atoms with Crippen LogP contribution in [0.2, 0.25) is 5.02 Å². The summed E-state index contributed by atoms with van der Waals surface area (Å²) in [5.41, 5.74) is 0.487. The molecular formula is C17H23ClN2O3. The minimum Gasteiger partial charge on any atom is -0.383 e. The van der Waals surface area contributed by atoms with Crippen LogP contribution in [0.4, 0.5) is 0 Å². The Kier molecular flexibility index (Phi) is 6.42. The zero-order valence-electron chi connectivity index (χ0n) is 13.5. The third-order valence-electron chi connectivity index (χ3n) is 4.22. The SMILES string of the molecule is COCCNC(=O)[C@@H]1CC[C@@H](C)N(C(=O)c2ccccc2Cl)C1. The topological polar surface area (TPSA) is 58.6 Å². The van der Waals surface area contributed by atoms with Gasteiger partial charge in [-0.3, -0.25) is 9.59 Å². The first kappa shape index (κ1) is 17.8. The van der Waals surface area contributed by atoms with Crippen molar-refractivity contribution in [2.45, 2.75) is 25.8 Å². The first-order valence-electron chi connectivity index (χ1n) is 7.86. The molecule has 0 saturated carbocycles. The van der Waals surface area contributed by atoms with Gasteiger partial charge in [0.05, 0.1) is 23.1 Å². The first-order chi connectivity index (χ1) is 11.0. The number of carbonyl (C=O) groups excluding carboxylic acids is 2. The molecule has 0 unspecified atom stereocenters. The molecule has 1 N–H and O–H groups in total. The van der Waals surface area contributed by atoms with Gasteiger partial charge in [0.15, 0.2) is 0 Å². The highest BCUT2D eigenvalue weighted by Crippen LogP contribution is 2.26. The van der Waals surface area contributed by atoms with Crippen molar-refractivity contribution in [2.75, 3.05) is 26.8 Å². The fourth-order valence-electron chi connectivity index (χ4n) is 2.81. The van der Waals surface area contributed by atoms with Crippen molar-refractivity contribution in [3.05, 3.63) is 34.9 Å². The third-order valence-corrected chi connectivity index (χ3v) is 4.55. The van der Waals surface area contributed by atoms with Crippen molar-refractivity contribution < 1.29 is 14.3 Å². The van der Waals surface area contributed by atoms with Gasteiger partial charge in [-0.05, 0) is 31.9 Å². The Bertz CT molecular complexity index is 565. The summed E-state index contributed by atoms with van der Waals surface area (Å²) in [4.78, 5) is 26.7. The fraction of sp³-hybridized carbons (Fsp3) is 0.529. The molecular weight excluding hydrogens is 316 g/mol. The van der Waals surface area contributed by atoms with Gasteiger partial charge in [-0.1, -0.05) is 23.7 Å². The number of halogens is 1. The van der Waals surface area contributed by atoms with Crippen LogP contribution < -0.4 is 5.32 Å². The molecule has 23 heavy (non-hydrogen) atoms. The summed E-state index contributed by atoms with van der Waals surface area (Å²) < 4.78 is 4.93. The minimum atomic E-state index is -0.186. The van der Waals surface area contributed by atoms with Crippen LogP contribution in [0.1, 0.15) is 30.1 Å². The molecule has 1 aliphatic rings. The zero-order chi connectivity index (χ0) is 16.8. The number of benzene rings is 1. The molecule has 0 aromatic heterocycles. The van der Waals surface area contributed by atoms with Crippen LogP contribution in [0, 0.1) is 5.92 Å². The van der Waals surface area contributed by atoms with E-state index in [-0.39, 0.29) is 23.8 Å². The number of nitrogens with zero attached hydrogens (tertiary/aromatic N) is 1. The van der Waals surface area contributed by atoms with Crippen molar-refractivity contribution in [3.63, 3.8) is 0 Å². The van der Waals surface area contributed by atoms with Crippen LogP contribution in [-0.2, 0) is 9.53 Å². The predicted octanol–water partition coefficient (Wildman–Crippen LogP) is 2.34. The van der Waals surface area contributed by atoms with Crippen LogP contribution in [0.5, 0.6) is 0 Å². The second kappa shape index (κ2) is 8.31. The van der Waals surface area contributed by atoms with Gasteiger partial charge in [0, 0.05) is 26.2 Å². The van der Waals surface area contributed by atoms with E-state index in [2.05, 4.69) is 5.32 Å². The Morgan fingerprint density at radius 2 is 2.09 bits per heavy atom. The van der Waals surface area contributed by atoms with Gasteiger partial charge in [0.2, 0.25) is 5.91 Å². The summed E-state index contributed by atoms with van der Waals surface area (Å²) in [7, 11) is 1.60. The van der Waals surface area contributed by atoms with Gasteiger partial charge in [-0.2, -0.15) is 0 Å².